The van der Waals surface area contributed by atoms with Crippen molar-refractivity contribution in [2.75, 3.05) is 6.54 Å². The molecule has 0 unspecified atom stereocenters. The van der Waals surface area contributed by atoms with Crippen LogP contribution in [0.2, 0.25) is 0 Å². The molecular weight excluding hydrogens is 232 g/mol. The molecular formula is C13H16N2OS. The van der Waals surface area contributed by atoms with E-state index >= 15 is 0 Å². The van der Waals surface area contributed by atoms with Gasteiger partial charge in [-0.1, -0.05) is 0 Å². The van der Waals surface area contributed by atoms with E-state index in [-0.39, 0.29) is 0 Å². The Bertz CT molecular complexity index is 494. The van der Waals surface area contributed by atoms with E-state index in [9.17, 15) is 0 Å². The number of fused-ring (bicyclic) bond motifs is 1. The van der Waals surface area contributed by atoms with Crippen LogP contribution >= 0.6 is 11.3 Å². The molecule has 2 heterocycles. The van der Waals surface area contributed by atoms with Crippen molar-refractivity contribution in [2.24, 2.45) is 5.73 Å². The molecule has 2 aromatic rings. The highest BCUT2D eigenvalue weighted by atomic mass is 32.1. The lowest BCUT2D eigenvalue weighted by atomic mass is 10.2. The highest BCUT2D eigenvalue weighted by Crippen LogP contribution is 2.36. The van der Waals surface area contributed by atoms with Crippen LogP contribution in [0.1, 0.15) is 29.2 Å². The Labute approximate surface area is 105 Å². The molecule has 0 bridgehead atoms. The Balaban J connectivity index is 1.80. The minimum absolute atomic E-state index is 0.686. The van der Waals surface area contributed by atoms with Crippen molar-refractivity contribution < 1.29 is 4.42 Å². The Morgan fingerprint density at radius 1 is 1.41 bits per heavy atom. The average molecular weight is 248 g/mol. The molecule has 0 atom stereocenters. The summed E-state index contributed by atoms with van der Waals surface area (Å²) in [6.45, 7) is 0.686. The van der Waals surface area contributed by atoms with Gasteiger partial charge < -0.3 is 10.2 Å². The Morgan fingerprint density at radius 2 is 2.35 bits per heavy atom. The van der Waals surface area contributed by atoms with Crippen LogP contribution in [0.4, 0.5) is 0 Å². The van der Waals surface area contributed by atoms with Crippen molar-refractivity contribution >= 4 is 11.3 Å². The average Bonchev–Trinajstić information content (AvgIpc) is 3.00. The lowest BCUT2D eigenvalue weighted by Crippen LogP contribution is -2.00. The number of aryl methyl sites for hydroxylation is 3. The van der Waals surface area contributed by atoms with Crippen molar-refractivity contribution in [1.82, 2.24) is 4.98 Å². The van der Waals surface area contributed by atoms with Gasteiger partial charge in [0.05, 0.1) is 11.1 Å². The molecule has 0 saturated carbocycles. The number of thiophene rings is 1. The topological polar surface area (TPSA) is 52.0 Å². The molecule has 0 fully saturated rings. The number of oxazole rings is 1. The predicted molar refractivity (Wildman–Crippen MR) is 69.2 cm³/mol. The molecule has 0 amide bonds. The van der Waals surface area contributed by atoms with Crippen LogP contribution in [-0.4, -0.2) is 11.5 Å². The highest BCUT2D eigenvalue weighted by Gasteiger charge is 2.17. The van der Waals surface area contributed by atoms with Gasteiger partial charge in [0.15, 0.2) is 11.7 Å². The van der Waals surface area contributed by atoms with Crippen molar-refractivity contribution in [3.05, 3.63) is 28.6 Å². The summed E-state index contributed by atoms with van der Waals surface area (Å²) in [5.74, 6) is 1.72. The summed E-state index contributed by atoms with van der Waals surface area (Å²) in [6, 6.07) is 2.26. The fraction of sp³-hybridized carbons (Fsp3) is 0.462. The lowest BCUT2D eigenvalue weighted by Gasteiger charge is -1.92. The van der Waals surface area contributed by atoms with Gasteiger partial charge in [0.2, 0.25) is 0 Å². The van der Waals surface area contributed by atoms with Gasteiger partial charge in [-0.2, -0.15) is 0 Å². The quantitative estimate of drug-likeness (QED) is 0.905. The van der Waals surface area contributed by atoms with Crippen LogP contribution < -0.4 is 5.73 Å². The third-order valence-corrected chi connectivity index (χ3v) is 4.39. The second-order valence-corrected chi connectivity index (χ2v) is 5.56. The van der Waals surface area contributed by atoms with E-state index in [2.05, 4.69) is 11.1 Å². The maximum Gasteiger partial charge on any atom is 0.194 e. The molecule has 1 aliphatic carbocycles. The third kappa shape index (κ3) is 2.15. The number of nitrogens with zero attached hydrogens (tertiary/aromatic N) is 1. The molecule has 3 nitrogen and oxygen atoms in total. The monoisotopic (exact) mass is 248 g/mol. The van der Waals surface area contributed by atoms with E-state index in [0.717, 1.165) is 24.5 Å². The summed E-state index contributed by atoms with van der Waals surface area (Å²) in [7, 11) is 0. The van der Waals surface area contributed by atoms with E-state index in [4.69, 9.17) is 10.2 Å². The fourth-order valence-electron chi connectivity index (χ4n) is 2.24. The molecule has 0 saturated heterocycles. The molecule has 0 radical (unpaired) electrons. The van der Waals surface area contributed by atoms with E-state index < -0.39 is 0 Å². The minimum atomic E-state index is 0.686. The molecule has 0 aromatic carbocycles. The smallest absolute Gasteiger partial charge is 0.194 e. The molecule has 0 aliphatic heterocycles. The van der Waals surface area contributed by atoms with Crippen LogP contribution in [0.15, 0.2) is 16.7 Å². The molecule has 2 N–H and O–H groups in total. The molecule has 4 heteroatoms. The maximum absolute atomic E-state index is 5.75. The summed E-state index contributed by atoms with van der Waals surface area (Å²) in [4.78, 5) is 7.05. The SMILES string of the molecule is NCCCc1ncc(-c2cc3c(s2)CCC3)o1. The van der Waals surface area contributed by atoms with Gasteiger partial charge in [0, 0.05) is 11.3 Å². The first kappa shape index (κ1) is 11.0. The summed E-state index contributed by atoms with van der Waals surface area (Å²) in [6.07, 6.45) is 7.36. The zero-order valence-electron chi connectivity index (χ0n) is 9.74. The molecule has 3 rings (SSSR count). The molecule has 2 aromatic heterocycles. The standard InChI is InChI=1S/C13H16N2OS/c14-6-2-5-13-15-8-10(16-13)12-7-9-3-1-4-11(9)17-12/h7-8H,1-6,14H2. The van der Waals surface area contributed by atoms with Crippen molar-refractivity contribution in [1.29, 1.82) is 0 Å². The largest absolute Gasteiger partial charge is 0.440 e. The zero-order chi connectivity index (χ0) is 11.7. The lowest BCUT2D eigenvalue weighted by molar-refractivity contribution is 0.500. The van der Waals surface area contributed by atoms with Crippen LogP contribution in [0, 0.1) is 0 Å². The number of aromatic nitrogens is 1. The number of nitrogens with two attached hydrogens (primary N) is 1. The normalized spacial score (nSPS) is 14.2. The van der Waals surface area contributed by atoms with Crippen LogP contribution in [0.5, 0.6) is 0 Å². The van der Waals surface area contributed by atoms with E-state index in [1.54, 1.807) is 0 Å². The fourth-order valence-corrected chi connectivity index (χ4v) is 3.44. The van der Waals surface area contributed by atoms with Gasteiger partial charge in [0.25, 0.3) is 0 Å². The number of hydrogen-bond acceptors (Lipinski definition) is 4. The van der Waals surface area contributed by atoms with Gasteiger partial charge in [0.1, 0.15) is 0 Å². The number of rotatable bonds is 4. The van der Waals surface area contributed by atoms with Gasteiger partial charge in [-0.15, -0.1) is 11.3 Å². The van der Waals surface area contributed by atoms with Gasteiger partial charge in [-0.05, 0) is 43.9 Å². The van der Waals surface area contributed by atoms with E-state index in [1.165, 1.54) is 34.6 Å². The van der Waals surface area contributed by atoms with Crippen molar-refractivity contribution in [3.63, 3.8) is 0 Å². The maximum atomic E-state index is 5.75. The van der Waals surface area contributed by atoms with Crippen molar-refractivity contribution in [3.8, 4) is 10.6 Å². The first-order valence-corrected chi connectivity index (χ1v) is 6.95. The van der Waals surface area contributed by atoms with Crippen LogP contribution in [0.3, 0.4) is 0 Å². The second-order valence-electron chi connectivity index (χ2n) is 4.42. The Hall–Kier alpha value is -1.13. The molecule has 0 spiro atoms. The Morgan fingerprint density at radius 3 is 3.18 bits per heavy atom. The molecule has 17 heavy (non-hydrogen) atoms. The van der Waals surface area contributed by atoms with E-state index in [1.807, 2.05) is 17.5 Å². The highest BCUT2D eigenvalue weighted by molar-refractivity contribution is 7.15. The molecule has 1 aliphatic rings. The first-order valence-electron chi connectivity index (χ1n) is 6.13. The third-order valence-electron chi connectivity index (χ3n) is 3.14. The van der Waals surface area contributed by atoms with Gasteiger partial charge in [-0.3, -0.25) is 0 Å². The van der Waals surface area contributed by atoms with Crippen LogP contribution in [-0.2, 0) is 19.3 Å². The summed E-state index contributed by atoms with van der Waals surface area (Å²) in [5, 5.41) is 0. The summed E-state index contributed by atoms with van der Waals surface area (Å²) < 4.78 is 5.75. The van der Waals surface area contributed by atoms with Crippen LogP contribution in [0.25, 0.3) is 10.6 Å². The van der Waals surface area contributed by atoms with E-state index in [0.29, 0.717) is 6.54 Å². The summed E-state index contributed by atoms with van der Waals surface area (Å²) >= 11 is 1.85. The Kier molecular flexibility index (Phi) is 2.99. The van der Waals surface area contributed by atoms with Gasteiger partial charge in [-0.25, -0.2) is 4.98 Å². The number of hydrogen-bond donors (Lipinski definition) is 1. The second kappa shape index (κ2) is 4.63. The molecule has 90 valence electrons. The van der Waals surface area contributed by atoms with Gasteiger partial charge >= 0.3 is 0 Å². The predicted octanol–water partition coefficient (Wildman–Crippen LogP) is 2.78. The summed E-state index contributed by atoms with van der Waals surface area (Å²) in [5.41, 5.74) is 6.98. The first-order chi connectivity index (χ1) is 8.36. The van der Waals surface area contributed by atoms with Crippen molar-refractivity contribution in [2.45, 2.75) is 32.1 Å². The zero-order valence-corrected chi connectivity index (χ0v) is 10.6. The minimum Gasteiger partial charge on any atom is -0.440 e.